The molecule has 0 unspecified atom stereocenters. The topological polar surface area (TPSA) is 68.0 Å². The van der Waals surface area contributed by atoms with E-state index < -0.39 is 0 Å². The molecule has 0 saturated carbocycles. The Morgan fingerprint density at radius 2 is 2.00 bits per heavy atom. The predicted octanol–water partition coefficient (Wildman–Crippen LogP) is 4.15. The molecule has 0 atom stereocenters. The second-order valence-corrected chi connectivity index (χ2v) is 6.83. The number of thiophene rings is 1. The van der Waals surface area contributed by atoms with Crippen molar-refractivity contribution in [3.8, 4) is 10.8 Å². The zero-order valence-electron chi connectivity index (χ0n) is 12.7. The minimum Gasteiger partial charge on any atom is -0.410 e. The maximum absolute atomic E-state index is 12.1. The van der Waals surface area contributed by atoms with E-state index in [1.807, 2.05) is 49.6 Å². The van der Waals surface area contributed by atoms with Crippen LogP contribution >= 0.6 is 23.1 Å². The Kier molecular flexibility index (Phi) is 4.78. The van der Waals surface area contributed by atoms with Crippen LogP contribution in [0.3, 0.4) is 0 Å². The van der Waals surface area contributed by atoms with Crippen molar-refractivity contribution in [2.24, 2.45) is 0 Å². The maximum Gasteiger partial charge on any atom is 0.277 e. The molecule has 0 aliphatic carbocycles. The second kappa shape index (κ2) is 6.97. The Morgan fingerprint density at radius 3 is 2.70 bits per heavy atom. The lowest BCUT2D eigenvalue weighted by Gasteiger charge is -2.10. The number of nitrogens with zero attached hydrogens (tertiary/aromatic N) is 2. The van der Waals surface area contributed by atoms with E-state index in [9.17, 15) is 4.79 Å². The van der Waals surface area contributed by atoms with E-state index in [1.54, 1.807) is 0 Å². The van der Waals surface area contributed by atoms with Crippen LogP contribution in [-0.4, -0.2) is 21.9 Å². The van der Waals surface area contributed by atoms with E-state index in [-0.39, 0.29) is 11.7 Å². The summed E-state index contributed by atoms with van der Waals surface area (Å²) in [5, 5.41) is 13.2. The van der Waals surface area contributed by atoms with Gasteiger partial charge in [-0.15, -0.1) is 21.5 Å². The highest BCUT2D eigenvalue weighted by Gasteiger charge is 2.13. The van der Waals surface area contributed by atoms with Gasteiger partial charge in [0.25, 0.3) is 11.1 Å². The molecular formula is C16H15N3O2S2. The fourth-order valence-corrected chi connectivity index (χ4v) is 3.29. The summed E-state index contributed by atoms with van der Waals surface area (Å²) in [6.45, 7) is 3.95. The molecule has 1 aromatic carbocycles. The van der Waals surface area contributed by atoms with Gasteiger partial charge in [-0.25, -0.2) is 0 Å². The van der Waals surface area contributed by atoms with Crippen molar-refractivity contribution in [3.05, 3.63) is 46.8 Å². The van der Waals surface area contributed by atoms with Crippen molar-refractivity contribution >= 4 is 34.7 Å². The molecule has 0 aliphatic rings. The minimum atomic E-state index is -0.0942. The highest BCUT2D eigenvalue weighted by molar-refractivity contribution is 7.99. The number of aryl methyl sites for hydroxylation is 2. The van der Waals surface area contributed by atoms with Gasteiger partial charge in [0, 0.05) is 5.69 Å². The van der Waals surface area contributed by atoms with Crippen LogP contribution in [0.15, 0.2) is 45.4 Å². The summed E-state index contributed by atoms with van der Waals surface area (Å²) >= 11 is 2.76. The van der Waals surface area contributed by atoms with Crippen LogP contribution in [0.1, 0.15) is 11.1 Å². The number of hydrogen-bond acceptors (Lipinski definition) is 6. The summed E-state index contributed by atoms with van der Waals surface area (Å²) in [6, 6.07) is 9.76. The number of thioether (sulfide) groups is 1. The molecule has 118 valence electrons. The first kappa shape index (κ1) is 15.8. The molecule has 0 radical (unpaired) electrons. The number of carbonyl (C=O) groups is 1. The average Bonchev–Trinajstić information content (AvgIpc) is 3.19. The number of para-hydroxylation sites is 1. The molecule has 3 rings (SSSR count). The SMILES string of the molecule is Cc1cccc(C)c1NC(=O)CSc1nnc(-c2cccs2)o1. The first-order chi connectivity index (χ1) is 11.1. The Labute approximate surface area is 142 Å². The van der Waals surface area contributed by atoms with Crippen molar-refractivity contribution in [3.63, 3.8) is 0 Å². The third kappa shape index (κ3) is 3.80. The monoisotopic (exact) mass is 345 g/mol. The third-order valence-electron chi connectivity index (χ3n) is 3.21. The van der Waals surface area contributed by atoms with Gasteiger partial charge in [0.1, 0.15) is 0 Å². The lowest BCUT2D eigenvalue weighted by atomic mass is 10.1. The van der Waals surface area contributed by atoms with Gasteiger partial charge in [0.2, 0.25) is 5.91 Å². The van der Waals surface area contributed by atoms with Gasteiger partial charge in [0.15, 0.2) is 0 Å². The van der Waals surface area contributed by atoms with E-state index in [2.05, 4.69) is 15.5 Å². The Morgan fingerprint density at radius 1 is 1.22 bits per heavy atom. The smallest absolute Gasteiger partial charge is 0.277 e. The quantitative estimate of drug-likeness (QED) is 0.704. The molecular weight excluding hydrogens is 330 g/mol. The summed E-state index contributed by atoms with van der Waals surface area (Å²) in [7, 11) is 0. The van der Waals surface area contributed by atoms with Crippen molar-refractivity contribution in [2.45, 2.75) is 19.1 Å². The normalized spacial score (nSPS) is 10.7. The molecule has 2 aromatic heterocycles. The highest BCUT2D eigenvalue weighted by atomic mass is 32.2. The standard InChI is InChI=1S/C16H15N3O2S2/c1-10-5-3-6-11(2)14(10)17-13(20)9-23-16-19-18-15(21-16)12-7-4-8-22-12/h3-8H,9H2,1-2H3,(H,17,20). The van der Waals surface area contributed by atoms with Crippen LogP contribution in [0, 0.1) is 13.8 Å². The number of rotatable bonds is 5. The number of hydrogen-bond donors (Lipinski definition) is 1. The molecule has 0 fully saturated rings. The van der Waals surface area contributed by atoms with Crippen LogP contribution in [0.4, 0.5) is 5.69 Å². The maximum atomic E-state index is 12.1. The number of anilines is 1. The van der Waals surface area contributed by atoms with Gasteiger partial charge in [-0.05, 0) is 36.4 Å². The molecule has 5 nitrogen and oxygen atoms in total. The summed E-state index contributed by atoms with van der Waals surface area (Å²) < 4.78 is 5.55. The van der Waals surface area contributed by atoms with Crippen LogP contribution < -0.4 is 5.32 Å². The van der Waals surface area contributed by atoms with E-state index in [1.165, 1.54) is 23.1 Å². The lowest BCUT2D eigenvalue weighted by molar-refractivity contribution is -0.113. The molecule has 1 amide bonds. The number of amides is 1. The Balaban J connectivity index is 1.59. The minimum absolute atomic E-state index is 0.0942. The molecule has 1 N–H and O–H groups in total. The summed E-state index contributed by atoms with van der Waals surface area (Å²) in [6.07, 6.45) is 0. The van der Waals surface area contributed by atoms with E-state index in [4.69, 9.17) is 4.42 Å². The van der Waals surface area contributed by atoms with Crippen molar-refractivity contribution in [1.82, 2.24) is 10.2 Å². The van der Waals surface area contributed by atoms with Crippen LogP contribution in [0.2, 0.25) is 0 Å². The van der Waals surface area contributed by atoms with Gasteiger partial charge in [-0.3, -0.25) is 4.79 Å². The molecule has 2 heterocycles. The average molecular weight is 345 g/mol. The van der Waals surface area contributed by atoms with Gasteiger partial charge in [0.05, 0.1) is 10.6 Å². The number of aromatic nitrogens is 2. The van der Waals surface area contributed by atoms with Gasteiger partial charge in [-0.2, -0.15) is 0 Å². The predicted molar refractivity (Wildman–Crippen MR) is 92.9 cm³/mol. The van der Waals surface area contributed by atoms with Crippen molar-refractivity contribution in [1.29, 1.82) is 0 Å². The molecule has 7 heteroatoms. The molecule has 0 saturated heterocycles. The second-order valence-electron chi connectivity index (χ2n) is 4.95. The molecule has 23 heavy (non-hydrogen) atoms. The zero-order chi connectivity index (χ0) is 16.2. The van der Waals surface area contributed by atoms with Gasteiger partial charge < -0.3 is 9.73 Å². The fourth-order valence-electron chi connectivity index (χ4n) is 2.08. The van der Waals surface area contributed by atoms with Crippen molar-refractivity contribution < 1.29 is 9.21 Å². The Bertz CT molecular complexity index is 792. The van der Waals surface area contributed by atoms with E-state index >= 15 is 0 Å². The Hall–Kier alpha value is -2.12. The zero-order valence-corrected chi connectivity index (χ0v) is 14.3. The number of nitrogens with one attached hydrogen (secondary N) is 1. The molecule has 0 spiro atoms. The summed E-state index contributed by atoms with van der Waals surface area (Å²) in [5.41, 5.74) is 2.95. The van der Waals surface area contributed by atoms with E-state index in [0.29, 0.717) is 11.1 Å². The third-order valence-corrected chi connectivity index (χ3v) is 4.89. The van der Waals surface area contributed by atoms with Crippen LogP contribution in [-0.2, 0) is 4.79 Å². The van der Waals surface area contributed by atoms with E-state index in [0.717, 1.165) is 21.7 Å². The van der Waals surface area contributed by atoms with Crippen LogP contribution in [0.25, 0.3) is 10.8 Å². The van der Waals surface area contributed by atoms with Gasteiger partial charge >= 0.3 is 0 Å². The first-order valence-electron chi connectivity index (χ1n) is 7.00. The number of benzene rings is 1. The summed E-state index contributed by atoms with van der Waals surface area (Å²) in [4.78, 5) is 13.0. The van der Waals surface area contributed by atoms with Crippen LogP contribution in [0.5, 0.6) is 0 Å². The summed E-state index contributed by atoms with van der Waals surface area (Å²) in [5.74, 6) is 0.612. The first-order valence-corrected chi connectivity index (χ1v) is 8.86. The van der Waals surface area contributed by atoms with Crippen molar-refractivity contribution in [2.75, 3.05) is 11.1 Å². The largest absolute Gasteiger partial charge is 0.410 e. The fraction of sp³-hybridized carbons (Fsp3) is 0.188. The highest BCUT2D eigenvalue weighted by Crippen LogP contribution is 2.26. The number of carbonyl (C=O) groups excluding carboxylic acids is 1. The molecule has 0 bridgehead atoms. The van der Waals surface area contributed by atoms with Gasteiger partial charge in [-0.1, -0.05) is 36.0 Å². The molecule has 0 aliphatic heterocycles. The lowest BCUT2D eigenvalue weighted by Crippen LogP contribution is -2.15. The molecule has 3 aromatic rings.